The predicted octanol–water partition coefficient (Wildman–Crippen LogP) is 4.73. The molecule has 10 heteroatoms. The number of likely N-dealkylation sites (tertiary alicyclic amines) is 1. The minimum Gasteiger partial charge on any atom is -0.497 e. The fraction of sp³-hybridized carbons (Fsp3) is 0.483. The molecule has 1 aliphatic heterocycles. The molecule has 0 amide bonds. The maximum absolute atomic E-state index is 13.4. The number of aromatic nitrogens is 1. The van der Waals surface area contributed by atoms with Gasteiger partial charge >= 0.3 is 0 Å². The van der Waals surface area contributed by atoms with E-state index in [4.69, 9.17) is 4.74 Å². The monoisotopic (exact) mass is 546 g/mol. The lowest BCUT2D eigenvalue weighted by molar-refractivity contribution is 0.0248. The van der Waals surface area contributed by atoms with Crippen molar-refractivity contribution in [3.8, 4) is 5.75 Å². The molecule has 1 atom stereocenters. The molecule has 1 aliphatic rings. The molecule has 0 saturated carbocycles. The third kappa shape index (κ3) is 6.57. The van der Waals surface area contributed by atoms with Crippen LogP contribution < -0.4 is 15.0 Å². The van der Waals surface area contributed by atoms with E-state index in [1.165, 1.54) is 0 Å². The first-order valence-electron chi connectivity index (χ1n) is 13.2. The highest BCUT2D eigenvalue weighted by molar-refractivity contribution is 5.88. The summed E-state index contributed by atoms with van der Waals surface area (Å²) in [6.45, 7) is 2.63. The summed E-state index contributed by atoms with van der Waals surface area (Å²) in [5.41, 5.74) is 2.31. The summed E-state index contributed by atoms with van der Waals surface area (Å²) in [4.78, 5) is 8.71. The molecule has 0 spiro atoms. The van der Waals surface area contributed by atoms with Crippen molar-refractivity contribution < 1.29 is 28.1 Å². The zero-order chi connectivity index (χ0) is 28.2. The van der Waals surface area contributed by atoms with Crippen molar-refractivity contribution in [1.29, 1.82) is 0 Å². The van der Waals surface area contributed by atoms with Crippen LogP contribution in [0.4, 0.5) is 24.5 Å². The maximum Gasteiger partial charge on any atom is 0.194 e. The molecule has 7 nitrogen and oxygen atoms in total. The number of hydrogen-bond donors (Lipinski definition) is 3. The van der Waals surface area contributed by atoms with Gasteiger partial charge in [-0.1, -0.05) is 0 Å². The number of aliphatic hydroxyl groups excluding tert-OH is 2. The quantitative estimate of drug-likeness (QED) is 0.300. The highest BCUT2D eigenvalue weighted by atomic mass is 19.2. The van der Waals surface area contributed by atoms with Crippen LogP contribution in [-0.2, 0) is 0 Å². The highest BCUT2D eigenvalue weighted by Crippen LogP contribution is 2.41. The molecule has 1 fully saturated rings. The van der Waals surface area contributed by atoms with Crippen LogP contribution in [-0.4, -0.2) is 74.1 Å². The topological polar surface area (TPSA) is 81.1 Å². The summed E-state index contributed by atoms with van der Waals surface area (Å²) >= 11 is 0. The zero-order valence-corrected chi connectivity index (χ0v) is 22.7. The number of nitrogens with one attached hydrogen (secondary N) is 1. The summed E-state index contributed by atoms with van der Waals surface area (Å²) in [6.07, 6.45) is 3.70. The van der Waals surface area contributed by atoms with Crippen molar-refractivity contribution in [2.45, 2.75) is 31.8 Å². The van der Waals surface area contributed by atoms with Crippen LogP contribution in [0.25, 0.3) is 10.9 Å². The number of rotatable bonds is 11. The Kier molecular flexibility index (Phi) is 9.19. The Morgan fingerprint density at radius 1 is 1.13 bits per heavy atom. The number of ether oxygens (including phenoxy) is 1. The van der Waals surface area contributed by atoms with E-state index in [1.54, 1.807) is 13.3 Å². The molecule has 2 aromatic carbocycles. The molecular formula is C29H37F3N4O3. The molecule has 212 valence electrons. The van der Waals surface area contributed by atoms with Crippen molar-refractivity contribution in [3.63, 3.8) is 0 Å². The van der Waals surface area contributed by atoms with Crippen LogP contribution in [0.1, 0.15) is 37.4 Å². The minimum absolute atomic E-state index is 0.0331. The number of methoxy groups -OCH3 is 1. The lowest BCUT2D eigenvalue weighted by atomic mass is 9.74. The number of piperidine rings is 1. The second-order valence-corrected chi connectivity index (χ2v) is 10.6. The van der Waals surface area contributed by atoms with Gasteiger partial charge < -0.3 is 30.1 Å². The van der Waals surface area contributed by atoms with Crippen LogP contribution in [0.5, 0.6) is 5.75 Å². The normalized spacial score (nSPS) is 16.3. The van der Waals surface area contributed by atoms with E-state index in [2.05, 4.69) is 15.2 Å². The van der Waals surface area contributed by atoms with E-state index >= 15 is 0 Å². The summed E-state index contributed by atoms with van der Waals surface area (Å²) < 4.78 is 45.4. The number of nitrogens with zero attached hydrogens (tertiary/aromatic N) is 3. The third-order valence-corrected chi connectivity index (χ3v) is 7.85. The van der Waals surface area contributed by atoms with E-state index in [9.17, 15) is 23.4 Å². The number of pyridine rings is 1. The lowest BCUT2D eigenvalue weighted by Crippen LogP contribution is -2.43. The Balaban J connectivity index is 1.37. The molecule has 2 heterocycles. The zero-order valence-electron chi connectivity index (χ0n) is 22.7. The van der Waals surface area contributed by atoms with Gasteiger partial charge in [0.05, 0.1) is 30.6 Å². The Bertz CT molecular complexity index is 1260. The first-order chi connectivity index (χ1) is 18.7. The summed E-state index contributed by atoms with van der Waals surface area (Å²) in [7, 11) is 5.44. The van der Waals surface area contributed by atoms with E-state index in [1.807, 2.05) is 37.2 Å². The van der Waals surface area contributed by atoms with E-state index < -0.39 is 23.6 Å². The summed E-state index contributed by atoms with van der Waals surface area (Å²) in [5, 5.41) is 25.5. The maximum atomic E-state index is 13.4. The average Bonchev–Trinajstić information content (AvgIpc) is 2.94. The predicted molar refractivity (Wildman–Crippen MR) is 147 cm³/mol. The molecule has 0 radical (unpaired) electrons. The molecule has 0 aliphatic carbocycles. The Labute approximate surface area is 227 Å². The number of aliphatic hydroxyl groups is 2. The smallest absolute Gasteiger partial charge is 0.194 e. The minimum atomic E-state index is -1.48. The molecular weight excluding hydrogens is 509 g/mol. The first-order valence-corrected chi connectivity index (χ1v) is 13.2. The third-order valence-electron chi connectivity index (χ3n) is 7.85. The van der Waals surface area contributed by atoms with Gasteiger partial charge in [-0.05, 0) is 62.4 Å². The largest absolute Gasteiger partial charge is 0.497 e. The fourth-order valence-corrected chi connectivity index (χ4v) is 5.36. The molecule has 39 heavy (non-hydrogen) atoms. The Morgan fingerprint density at radius 3 is 2.44 bits per heavy atom. The van der Waals surface area contributed by atoms with Gasteiger partial charge in [0.25, 0.3) is 0 Å². The van der Waals surface area contributed by atoms with Crippen LogP contribution in [0.3, 0.4) is 0 Å². The SMILES string of the molecule is COc1ccc2ncc(N(C)C)c([C@H](O)CCC3(CO)CCN(CCNc4cc(F)c(F)c(F)c4)CC3)c2c1. The van der Waals surface area contributed by atoms with Gasteiger partial charge in [-0.25, -0.2) is 13.2 Å². The van der Waals surface area contributed by atoms with E-state index in [0.29, 0.717) is 31.7 Å². The number of benzene rings is 2. The Hall–Kier alpha value is -3.08. The lowest BCUT2D eigenvalue weighted by Gasteiger charge is -2.41. The van der Waals surface area contributed by atoms with Gasteiger partial charge in [0.2, 0.25) is 0 Å². The van der Waals surface area contributed by atoms with Gasteiger partial charge in [0.1, 0.15) is 5.75 Å². The summed E-state index contributed by atoms with van der Waals surface area (Å²) in [6, 6.07) is 7.52. The highest BCUT2D eigenvalue weighted by Gasteiger charge is 2.35. The average molecular weight is 547 g/mol. The van der Waals surface area contributed by atoms with Crippen LogP contribution in [0.2, 0.25) is 0 Å². The van der Waals surface area contributed by atoms with E-state index in [0.717, 1.165) is 60.2 Å². The number of halogens is 3. The van der Waals surface area contributed by atoms with Gasteiger partial charge in [-0.3, -0.25) is 4.98 Å². The van der Waals surface area contributed by atoms with Crippen molar-refractivity contribution >= 4 is 22.3 Å². The second kappa shape index (κ2) is 12.4. The van der Waals surface area contributed by atoms with Crippen molar-refractivity contribution in [2.75, 3.05) is 64.2 Å². The fourth-order valence-electron chi connectivity index (χ4n) is 5.36. The van der Waals surface area contributed by atoms with Crippen molar-refractivity contribution in [3.05, 3.63) is 59.5 Å². The van der Waals surface area contributed by atoms with Crippen molar-refractivity contribution in [1.82, 2.24) is 9.88 Å². The molecule has 0 bridgehead atoms. The van der Waals surface area contributed by atoms with Gasteiger partial charge in [-0.15, -0.1) is 0 Å². The number of hydrogen-bond acceptors (Lipinski definition) is 7. The Morgan fingerprint density at radius 2 is 1.82 bits per heavy atom. The molecule has 3 N–H and O–H groups in total. The van der Waals surface area contributed by atoms with Gasteiger partial charge in [-0.2, -0.15) is 0 Å². The van der Waals surface area contributed by atoms with Crippen LogP contribution >= 0.6 is 0 Å². The van der Waals surface area contributed by atoms with Gasteiger partial charge in [0, 0.05) is 62.6 Å². The van der Waals surface area contributed by atoms with E-state index in [-0.39, 0.29) is 17.7 Å². The van der Waals surface area contributed by atoms with Crippen LogP contribution in [0, 0.1) is 22.9 Å². The second-order valence-electron chi connectivity index (χ2n) is 10.6. The summed E-state index contributed by atoms with van der Waals surface area (Å²) in [5.74, 6) is -3.22. The van der Waals surface area contributed by atoms with Gasteiger partial charge in [0.15, 0.2) is 17.5 Å². The molecule has 4 rings (SSSR count). The standard InChI is InChI=1S/C29H37F3N4O3/c1-35(2)25-17-34-24-5-4-20(39-3)16-21(24)27(25)26(38)6-7-29(18-37)8-11-36(12-9-29)13-10-33-19-14-22(30)28(32)23(31)15-19/h4-5,14-17,26,33,37-38H,6-13,18H2,1-3H3/t26-/m1/s1. The number of anilines is 2. The first kappa shape index (κ1) is 28.9. The molecule has 1 aromatic heterocycles. The molecule has 0 unspecified atom stereocenters. The molecule has 3 aromatic rings. The molecule has 1 saturated heterocycles. The number of fused-ring (bicyclic) bond motifs is 1. The van der Waals surface area contributed by atoms with Crippen molar-refractivity contribution in [2.24, 2.45) is 5.41 Å². The van der Waals surface area contributed by atoms with Crippen LogP contribution in [0.15, 0.2) is 36.5 Å².